The van der Waals surface area contributed by atoms with Crippen LogP contribution in [-0.4, -0.2) is 17.7 Å². The molecule has 0 fully saturated rings. The number of hydrogen-bond donors (Lipinski definition) is 1. The molecule has 1 aromatic carbocycles. The Kier molecular flexibility index (Phi) is 3.10. The second kappa shape index (κ2) is 4.56. The van der Waals surface area contributed by atoms with E-state index in [9.17, 15) is 4.79 Å². The minimum Gasteiger partial charge on any atom is -0.489 e. The van der Waals surface area contributed by atoms with Crippen LogP contribution in [0.3, 0.4) is 0 Å². The lowest BCUT2D eigenvalue weighted by molar-refractivity contribution is 0.0697. The molecule has 0 aliphatic rings. The molecule has 1 aromatic heterocycles. The van der Waals surface area contributed by atoms with Crippen LogP contribution in [0.4, 0.5) is 0 Å². The molecule has 1 heterocycles. The van der Waals surface area contributed by atoms with E-state index in [-0.39, 0.29) is 5.56 Å². The van der Waals surface area contributed by atoms with Gasteiger partial charge in [-0.15, -0.1) is 0 Å². The van der Waals surface area contributed by atoms with Crippen LogP contribution in [0.2, 0.25) is 0 Å². The van der Waals surface area contributed by atoms with Crippen LogP contribution < -0.4 is 4.74 Å². The Balaban J connectivity index is 2.45. The summed E-state index contributed by atoms with van der Waals surface area (Å²) in [6, 6.07) is 5.14. The van der Waals surface area contributed by atoms with Gasteiger partial charge in [0.05, 0.1) is 0 Å². The summed E-state index contributed by atoms with van der Waals surface area (Å²) < 4.78 is 10.9. The Morgan fingerprint density at radius 3 is 2.83 bits per heavy atom. The lowest BCUT2D eigenvalue weighted by atomic mass is 10.1. The zero-order valence-electron chi connectivity index (χ0n) is 10.3. The molecule has 0 bridgehead atoms. The van der Waals surface area contributed by atoms with Crippen LogP contribution >= 0.6 is 0 Å². The quantitative estimate of drug-likeness (QED) is 0.840. The third-order valence-electron chi connectivity index (χ3n) is 2.53. The molecule has 1 N–H and O–H groups in total. The lowest BCUT2D eigenvalue weighted by Crippen LogP contribution is -1.99. The van der Waals surface area contributed by atoms with Gasteiger partial charge in [-0.1, -0.05) is 6.58 Å². The van der Waals surface area contributed by atoms with Crippen LogP contribution in [0, 0.1) is 6.92 Å². The Morgan fingerprint density at radius 2 is 2.22 bits per heavy atom. The second-order valence-corrected chi connectivity index (χ2v) is 4.24. The minimum atomic E-state index is -0.997. The van der Waals surface area contributed by atoms with Crippen molar-refractivity contribution in [1.82, 2.24) is 0 Å². The predicted octanol–water partition coefficient (Wildman–Crippen LogP) is 3.39. The third kappa shape index (κ3) is 2.22. The number of carboxylic acids is 1. The fraction of sp³-hybridized carbons (Fsp3) is 0.214. The summed E-state index contributed by atoms with van der Waals surface area (Å²) in [5.74, 6) is 0.00616. The molecular formula is C14H14O4. The summed E-state index contributed by atoms with van der Waals surface area (Å²) in [5, 5.41) is 9.70. The van der Waals surface area contributed by atoms with Gasteiger partial charge in [-0.05, 0) is 37.6 Å². The lowest BCUT2D eigenvalue weighted by Gasteiger charge is -2.05. The number of carboxylic acid groups (broad SMARTS) is 1. The topological polar surface area (TPSA) is 59.7 Å². The molecule has 94 valence electrons. The predicted molar refractivity (Wildman–Crippen MR) is 68.2 cm³/mol. The van der Waals surface area contributed by atoms with E-state index in [2.05, 4.69) is 6.58 Å². The van der Waals surface area contributed by atoms with E-state index in [4.69, 9.17) is 14.3 Å². The molecule has 18 heavy (non-hydrogen) atoms. The smallest absolute Gasteiger partial charge is 0.339 e. The fourth-order valence-corrected chi connectivity index (χ4v) is 1.76. The Hall–Kier alpha value is -2.23. The van der Waals surface area contributed by atoms with E-state index in [0.717, 1.165) is 5.57 Å². The fourth-order valence-electron chi connectivity index (χ4n) is 1.76. The summed E-state index contributed by atoms with van der Waals surface area (Å²) >= 11 is 0. The monoisotopic (exact) mass is 246 g/mol. The van der Waals surface area contributed by atoms with Crippen LogP contribution in [-0.2, 0) is 0 Å². The van der Waals surface area contributed by atoms with E-state index >= 15 is 0 Å². The van der Waals surface area contributed by atoms with E-state index in [1.807, 2.05) is 6.92 Å². The van der Waals surface area contributed by atoms with Gasteiger partial charge in [0, 0.05) is 5.39 Å². The standard InChI is InChI=1S/C14H14O4/c1-8(2)7-17-10-4-5-12-11(6-10)13(14(15)16)9(3)18-12/h4-6H,1,7H2,2-3H3,(H,15,16). The highest BCUT2D eigenvalue weighted by atomic mass is 16.5. The van der Waals surface area contributed by atoms with Crippen LogP contribution in [0.5, 0.6) is 5.75 Å². The van der Waals surface area contributed by atoms with Crippen molar-refractivity contribution in [2.24, 2.45) is 0 Å². The molecule has 0 aliphatic carbocycles. The van der Waals surface area contributed by atoms with E-state index in [1.165, 1.54) is 0 Å². The number of rotatable bonds is 4. The Morgan fingerprint density at radius 1 is 1.50 bits per heavy atom. The molecule has 2 rings (SSSR count). The van der Waals surface area contributed by atoms with Crippen molar-refractivity contribution >= 4 is 16.9 Å². The van der Waals surface area contributed by atoms with Crippen molar-refractivity contribution in [3.05, 3.63) is 41.7 Å². The molecule has 0 atom stereocenters. The number of aryl methyl sites for hydroxylation is 1. The number of benzene rings is 1. The summed E-state index contributed by atoms with van der Waals surface area (Å²) in [5.41, 5.74) is 1.63. The van der Waals surface area contributed by atoms with E-state index in [0.29, 0.717) is 29.1 Å². The van der Waals surface area contributed by atoms with Gasteiger partial charge >= 0.3 is 5.97 Å². The number of ether oxygens (including phenoxy) is 1. The summed E-state index contributed by atoms with van der Waals surface area (Å²) in [6.07, 6.45) is 0. The molecule has 0 spiro atoms. The number of hydrogen-bond acceptors (Lipinski definition) is 3. The van der Waals surface area contributed by atoms with Crippen molar-refractivity contribution in [3.8, 4) is 5.75 Å². The molecule has 0 radical (unpaired) electrons. The molecule has 0 saturated carbocycles. The first-order valence-electron chi connectivity index (χ1n) is 5.52. The highest BCUT2D eigenvalue weighted by Gasteiger charge is 2.17. The first kappa shape index (κ1) is 12.2. The number of furan rings is 1. The number of fused-ring (bicyclic) bond motifs is 1. The summed E-state index contributed by atoms with van der Waals surface area (Å²) in [7, 11) is 0. The zero-order chi connectivity index (χ0) is 13.3. The normalized spacial score (nSPS) is 10.6. The van der Waals surface area contributed by atoms with Crippen LogP contribution in [0.1, 0.15) is 23.0 Å². The second-order valence-electron chi connectivity index (χ2n) is 4.24. The zero-order valence-corrected chi connectivity index (χ0v) is 10.3. The molecular weight excluding hydrogens is 232 g/mol. The number of carbonyl (C=O) groups is 1. The SMILES string of the molecule is C=C(C)COc1ccc2oc(C)c(C(=O)O)c2c1. The van der Waals surface area contributed by atoms with Gasteiger partial charge in [0.15, 0.2) is 0 Å². The van der Waals surface area contributed by atoms with Crippen molar-refractivity contribution in [2.75, 3.05) is 6.61 Å². The maximum atomic E-state index is 11.2. The van der Waals surface area contributed by atoms with Gasteiger partial charge in [-0.3, -0.25) is 0 Å². The largest absolute Gasteiger partial charge is 0.489 e. The molecule has 0 unspecified atom stereocenters. The molecule has 0 aliphatic heterocycles. The maximum Gasteiger partial charge on any atom is 0.339 e. The summed E-state index contributed by atoms with van der Waals surface area (Å²) in [6.45, 7) is 7.65. The van der Waals surface area contributed by atoms with Gasteiger partial charge in [-0.2, -0.15) is 0 Å². The average molecular weight is 246 g/mol. The molecule has 0 saturated heterocycles. The van der Waals surface area contributed by atoms with Gasteiger partial charge in [-0.25, -0.2) is 4.79 Å². The molecule has 0 amide bonds. The number of aromatic carboxylic acids is 1. The van der Waals surface area contributed by atoms with Gasteiger partial charge < -0.3 is 14.3 Å². The maximum absolute atomic E-state index is 11.2. The Labute approximate surface area is 104 Å². The van der Waals surface area contributed by atoms with Crippen LogP contribution in [0.25, 0.3) is 11.0 Å². The first-order valence-corrected chi connectivity index (χ1v) is 5.52. The highest BCUT2D eigenvalue weighted by molar-refractivity contribution is 6.03. The third-order valence-corrected chi connectivity index (χ3v) is 2.53. The van der Waals surface area contributed by atoms with Gasteiger partial charge in [0.25, 0.3) is 0 Å². The van der Waals surface area contributed by atoms with E-state index < -0.39 is 5.97 Å². The average Bonchev–Trinajstić information content (AvgIpc) is 2.61. The summed E-state index contributed by atoms with van der Waals surface area (Å²) in [4.78, 5) is 11.2. The first-order chi connectivity index (χ1) is 8.49. The minimum absolute atomic E-state index is 0.186. The van der Waals surface area contributed by atoms with Crippen molar-refractivity contribution in [1.29, 1.82) is 0 Å². The Bertz CT molecular complexity index is 622. The van der Waals surface area contributed by atoms with Gasteiger partial charge in [0.1, 0.15) is 29.3 Å². The highest BCUT2D eigenvalue weighted by Crippen LogP contribution is 2.29. The molecule has 2 aromatic rings. The molecule has 4 nitrogen and oxygen atoms in total. The van der Waals surface area contributed by atoms with Crippen molar-refractivity contribution < 1.29 is 19.1 Å². The van der Waals surface area contributed by atoms with Crippen molar-refractivity contribution in [2.45, 2.75) is 13.8 Å². The van der Waals surface area contributed by atoms with E-state index in [1.54, 1.807) is 25.1 Å². The molecule has 4 heteroatoms. The van der Waals surface area contributed by atoms with Crippen molar-refractivity contribution in [3.63, 3.8) is 0 Å². The van der Waals surface area contributed by atoms with Crippen LogP contribution in [0.15, 0.2) is 34.8 Å². The van der Waals surface area contributed by atoms with Gasteiger partial charge in [0.2, 0.25) is 0 Å².